The number of anilines is 1. The second-order valence-electron chi connectivity index (χ2n) is 7.12. The topological polar surface area (TPSA) is 63.8 Å². The third-order valence-corrected chi connectivity index (χ3v) is 4.80. The smallest absolute Gasteiger partial charge is 0.336 e. The van der Waals surface area contributed by atoms with Crippen molar-refractivity contribution in [2.24, 2.45) is 0 Å². The molecule has 0 spiro atoms. The van der Waals surface area contributed by atoms with Gasteiger partial charge in [-0.05, 0) is 41.1 Å². The molecule has 3 aromatic carbocycles. The van der Waals surface area contributed by atoms with Gasteiger partial charge in [-0.15, -0.1) is 0 Å². The maximum Gasteiger partial charge on any atom is 0.336 e. The maximum atomic E-state index is 13.0. The molecule has 1 aromatic heterocycles. The normalized spacial score (nSPS) is 12.2. The number of halogens is 1. The molecule has 2 N–H and O–H groups in total. The number of hydrogen-bond acceptors (Lipinski definition) is 3. The zero-order chi connectivity index (χ0) is 20.4. The lowest BCUT2D eigenvalue weighted by Crippen LogP contribution is -3.08. The van der Waals surface area contributed by atoms with Crippen LogP contribution < -0.4 is 15.8 Å². The highest BCUT2D eigenvalue weighted by molar-refractivity contribution is 6.07. The summed E-state index contributed by atoms with van der Waals surface area (Å²) in [5, 5.41) is 5.71. The first-order valence-corrected chi connectivity index (χ1v) is 9.31. The molecule has 0 radical (unpaired) electrons. The summed E-state index contributed by atoms with van der Waals surface area (Å²) < 4.78 is 18.4. The lowest BCUT2D eigenvalue weighted by atomic mass is 10.0. The van der Waals surface area contributed by atoms with Crippen molar-refractivity contribution < 1.29 is 18.5 Å². The Morgan fingerprint density at radius 1 is 1.07 bits per heavy atom. The molecule has 29 heavy (non-hydrogen) atoms. The van der Waals surface area contributed by atoms with Crippen LogP contribution in [0.4, 0.5) is 10.1 Å². The van der Waals surface area contributed by atoms with Crippen LogP contribution in [0.2, 0.25) is 0 Å². The Kier molecular flexibility index (Phi) is 5.10. The molecule has 146 valence electrons. The lowest BCUT2D eigenvalue weighted by Gasteiger charge is -2.15. The quantitative estimate of drug-likeness (QED) is 0.406. The van der Waals surface area contributed by atoms with Gasteiger partial charge in [0, 0.05) is 22.7 Å². The molecule has 0 aliphatic heterocycles. The van der Waals surface area contributed by atoms with Gasteiger partial charge in [0.1, 0.15) is 17.9 Å². The first-order chi connectivity index (χ1) is 14.0. The van der Waals surface area contributed by atoms with Crippen molar-refractivity contribution in [1.82, 2.24) is 0 Å². The van der Waals surface area contributed by atoms with Crippen LogP contribution in [0.25, 0.3) is 21.7 Å². The average molecular weight is 391 g/mol. The van der Waals surface area contributed by atoms with Crippen LogP contribution in [0.1, 0.15) is 5.56 Å². The Morgan fingerprint density at radius 3 is 2.62 bits per heavy atom. The summed E-state index contributed by atoms with van der Waals surface area (Å²) in [5.41, 5.74) is 1.50. The zero-order valence-electron chi connectivity index (χ0n) is 15.9. The molecule has 0 saturated carbocycles. The summed E-state index contributed by atoms with van der Waals surface area (Å²) in [6.45, 7) is 0.677. The number of quaternary nitrogens is 1. The fourth-order valence-corrected chi connectivity index (χ4v) is 3.56. The molecule has 0 aliphatic carbocycles. The number of likely N-dealkylation sites (N-methyl/N-ethyl adjacent to an activating group) is 1. The van der Waals surface area contributed by atoms with E-state index in [1.54, 1.807) is 6.07 Å². The van der Waals surface area contributed by atoms with E-state index in [4.69, 9.17) is 4.42 Å². The number of hydrogen-bond donors (Lipinski definition) is 2. The highest BCUT2D eigenvalue weighted by Gasteiger charge is 2.16. The SMILES string of the molecule is C[NH+](CC(=O)Nc1ccc(F)cc1)Cc1cc(=O)oc2ccc3ccccc3c12. The van der Waals surface area contributed by atoms with Gasteiger partial charge in [-0.3, -0.25) is 4.79 Å². The summed E-state index contributed by atoms with van der Waals surface area (Å²) in [6.07, 6.45) is 0. The fraction of sp³-hybridized carbons (Fsp3) is 0.130. The molecule has 4 rings (SSSR count). The number of carbonyl (C=O) groups is 1. The molecule has 1 unspecified atom stereocenters. The summed E-state index contributed by atoms with van der Waals surface area (Å²) in [4.78, 5) is 25.3. The van der Waals surface area contributed by atoms with Gasteiger partial charge in [0.25, 0.3) is 5.91 Å². The third-order valence-electron chi connectivity index (χ3n) is 4.80. The van der Waals surface area contributed by atoms with Gasteiger partial charge in [0.05, 0.1) is 7.05 Å². The van der Waals surface area contributed by atoms with Gasteiger partial charge in [-0.2, -0.15) is 0 Å². The van der Waals surface area contributed by atoms with E-state index in [0.717, 1.165) is 26.6 Å². The van der Waals surface area contributed by atoms with Crippen LogP contribution in [0, 0.1) is 5.82 Å². The number of rotatable bonds is 5. The molecular weight excluding hydrogens is 371 g/mol. The highest BCUT2D eigenvalue weighted by Crippen LogP contribution is 2.26. The second-order valence-corrected chi connectivity index (χ2v) is 7.12. The Morgan fingerprint density at radius 2 is 1.83 bits per heavy atom. The molecule has 1 heterocycles. The molecule has 6 heteroatoms. The van der Waals surface area contributed by atoms with Gasteiger partial charge in [0.15, 0.2) is 6.54 Å². The molecular formula is C23H20FN2O3+. The first kappa shape index (κ1) is 18.8. The van der Waals surface area contributed by atoms with Crippen molar-refractivity contribution in [3.63, 3.8) is 0 Å². The first-order valence-electron chi connectivity index (χ1n) is 9.31. The van der Waals surface area contributed by atoms with E-state index in [1.807, 2.05) is 37.4 Å². The summed E-state index contributed by atoms with van der Waals surface area (Å²) in [7, 11) is 1.88. The molecule has 4 aromatic rings. The standard InChI is InChI=1S/C23H19FN2O3/c1-26(14-21(27)25-18-9-7-17(24)8-10-18)13-16-12-22(28)29-20-11-6-15-4-2-3-5-19(15)23(16)20/h2-12H,13-14H2,1H3,(H,25,27)/p+1. The molecule has 0 bridgehead atoms. The van der Waals surface area contributed by atoms with Gasteiger partial charge in [-0.25, -0.2) is 9.18 Å². The fourth-order valence-electron chi connectivity index (χ4n) is 3.56. The van der Waals surface area contributed by atoms with E-state index in [0.29, 0.717) is 17.8 Å². The largest absolute Gasteiger partial charge is 0.423 e. The van der Waals surface area contributed by atoms with Crippen molar-refractivity contribution in [2.45, 2.75) is 6.54 Å². The molecule has 1 amide bonds. The predicted octanol–water partition coefficient (Wildman–Crippen LogP) is 2.74. The Bertz CT molecular complexity index is 1250. The summed E-state index contributed by atoms with van der Waals surface area (Å²) in [6, 6.07) is 18.8. The van der Waals surface area contributed by atoms with E-state index in [1.165, 1.54) is 30.3 Å². The number of fused-ring (bicyclic) bond motifs is 3. The second kappa shape index (κ2) is 7.85. The van der Waals surface area contributed by atoms with Crippen molar-refractivity contribution in [2.75, 3.05) is 18.9 Å². The van der Waals surface area contributed by atoms with E-state index < -0.39 is 5.63 Å². The van der Waals surface area contributed by atoms with Crippen LogP contribution in [0.5, 0.6) is 0 Å². The van der Waals surface area contributed by atoms with Crippen molar-refractivity contribution in [1.29, 1.82) is 0 Å². The van der Waals surface area contributed by atoms with E-state index in [-0.39, 0.29) is 18.3 Å². The molecule has 1 atom stereocenters. The Balaban J connectivity index is 1.58. The average Bonchev–Trinajstić information content (AvgIpc) is 2.69. The van der Waals surface area contributed by atoms with Gasteiger partial charge >= 0.3 is 5.63 Å². The van der Waals surface area contributed by atoms with Crippen LogP contribution in [-0.2, 0) is 11.3 Å². The van der Waals surface area contributed by atoms with Crippen LogP contribution >= 0.6 is 0 Å². The number of nitrogens with one attached hydrogen (secondary N) is 2. The minimum atomic E-state index is -0.411. The highest BCUT2D eigenvalue weighted by atomic mass is 19.1. The Labute approximate surface area is 166 Å². The van der Waals surface area contributed by atoms with Gasteiger partial charge in [-0.1, -0.05) is 30.3 Å². The van der Waals surface area contributed by atoms with Crippen molar-refractivity contribution in [3.8, 4) is 0 Å². The van der Waals surface area contributed by atoms with E-state index in [2.05, 4.69) is 5.32 Å². The lowest BCUT2D eigenvalue weighted by molar-refractivity contribution is -0.885. The van der Waals surface area contributed by atoms with Crippen molar-refractivity contribution in [3.05, 3.63) is 88.5 Å². The predicted molar refractivity (Wildman–Crippen MR) is 110 cm³/mol. The number of benzene rings is 3. The summed E-state index contributed by atoms with van der Waals surface area (Å²) in [5.74, 6) is -0.543. The minimum Gasteiger partial charge on any atom is -0.423 e. The van der Waals surface area contributed by atoms with Crippen LogP contribution in [-0.4, -0.2) is 19.5 Å². The van der Waals surface area contributed by atoms with Gasteiger partial charge in [0.2, 0.25) is 0 Å². The van der Waals surface area contributed by atoms with Gasteiger partial charge < -0.3 is 14.6 Å². The van der Waals surface area contributed by atoms with Crippen LogP contribution in [0.3, 0.4) is 0 Å². The number of amides is 1. The number of carbonyl (C=O) groups excluding carboxylic acids is 1. The zero-order valence-corrected chi connectivity index (χ0v) is 15.9. The molecule has 0 saturated heterocycles. The Hall–Kier alpha value is -3.51. The van der Waals surface area contributed by atoms with E-state index in [9.17, 15) is 14.0 Å². The molecule has 0 aliphatic rings. The third kappa shape index (κ3) is 4.17. The maximum absolute atomic E-state index is 13.0. The summed E-state index contributed by atoms with van der Waals surface area (Å²) >= 11 is 0. The van der Waals surface area contributed by atoms with Crippen molar-refractivity contribution >= 4 is 33.3 Å². The van der Waals surface area contributed by atoms with E-state index >= 15 is 0 Å². The minimum absolute atomic E-state index is 0.189. The molecule has 5 nitrogen and oxygen atoms in total. The van der Waals surface area contributed by atoms with Crippen LogP contribution in [0.15, 0.2) is 75.9 Å². The monoisotopic (exact) mass is 391 g/mol. The molecule has 0 fully saturated rings.